The van der Waals surface area contributed by atoms with Crippen LogP contribution in [0.2, 0.25) is 0 Å². The zero-order valence-corrected chi connectivity index (χ0v) is 10.8. The summed E-state index contributed by atoms with van der Waals surface area (Å²) in [5, 5.41) is 3.23. The summed E-state index contributed by atoms with van der Waals surface area (Å²) >= 11 is 1.19. The second kappa shape index (κ2) is 5.05. The summed E-state index contributed by atoms with van der Waals surface area (Å²) in [6, 6.07) is 7.36. The van der Waals surface area contributed by atoms with Crippen LogP contribution in [0.1, 0.15) is 20.9 Å². The second-order valence-electron chi connectivity index (χ2n) is 3.89. The van der Waals surface area contributed by atoms with Crippen molar-refractivity contribution >= 4 is 28.1 Å². The van der Waals surface area contributed by atoms with Crippen molar-refractivity contribution in [1.82, 2.24) is 10.3 Å². The van der Waals surface area contributed by atoms with E-state index < -0.39 is 0 Å². The topological polar surface area (TPSA) is 94.0 Å². The van der Waals surface area contributed by atoms with Gasteiger partial charge in [0.1, 0.15) is 4.88 Å². The number of aromatic nitrogens is 1. The first-order valence-electron chi connectivity index (χ1n) is 5.42. The number of rotatable bonds is 3. The molecule has 5 N–H and O–H groups in total. The fourth-order valence-electron chi connectivity index (χ4n) is 1.53. The van der Waals surface area contributed by atoms with E-state index in [9.17, 15) is 4.79 Å². The molecule has 18 heavy (non-hydrogen) atoms. The molecule has 0 saturated carbocycles. The molecular formula is C12H14N4OS. The van der Waals surface area contributed by atoms with Crippen LogP contribution in [-0.2, 0) is 6.54 Å². The maximum atomic E-state index is 11.9. The Morgan fingerprint density at radius 3 is 2.56 bits per heavy atom. The molecule has 0 radical (unpaired) electrons. The Balaban J connectivity index is 2.00. The maximum absolute atomic E-state index is 11.9. The lowest BCUT2D eigenvalue weighted by molar-refractivity contribution is 0.0954. The van der Waals surface area contributed by atoms with Crippen molar-refractivity contribution in [3.05, 3.63) is 40.4 Å². The number of carbonyl (C=O) groups excluding carboxylic acids is 1. The summed E-state index contributed by atoms with van der Waals surface area (Å²) < 4.78 is 0. The number of aryl methyl sites for hydroxylation is 1. The second-order valence-corrected chi connectivity index (χ2v) is 4.92. The Morgan fingerprint density at radius 1 is 1.33 bits per heavy atom. The highest BCUT2D eigenvalue weighted by molar-refractivity contribution is 7.17. The summed E-state index contributed by atoms with van der Waals surface area (Å²) in [5.41, 5.74) is 13.5. The number of benzene rings is 1. The van der Waals surface area contributed by atoms with Crippen LogP contribution in [0.15, 0.2) is 24.3 Å². The predicted octanol–water partition coefficient (Wildman–Crippen LogP) is 1.55. The molecule has 0 aliphatic rings. The molecule has 94 valence electrons. The lowest BCUT2D eigenvalue weighted by Gasteiger charge is -2.04. The van der Waals surface area contributed by atoms with E-state index >= 15 is 0 Å². The molecule has 1 amide bonds. The molecule has 5 nitrogen and oxygen atoms in total. The number of amides is 1. The number of carbonyl (C=O) groups is 1. The summed E-state index contributed by atoms with van der Waals surface area (Å²) in [6.07, 6.45) is 0. The molecular weight excluding hydrogens is 248 g/mol. The standard InChI is InChI=1S/C12H14N4OS/c1-7-10(18-12(14)16-7)11(17)15-6-8-2-4-9(13)5-3-8/h2-5H,6,13H2,1H3,(H2,14,16)(H,15,17). The highest BCUT2D eigenvalue weighted by Gasteiger charge is 2.13. The van der Waals surface area contributed by atoms with Crippen LogP contribution >= 0.6 is 11.3 Å². The van der Waals surface area contributed by atoms with E-state index in [1.807, 2.05) is 12.1 Å². The van der Waals surface area contributed by atoms with E-state index in [-0.39, 0.29) is 5.91 Å². The highest BCUT2D eigenvalue weighted by Crippen LogP contribution is 2.19. The minimum absolute atomic E-state index is 0.154. The number of nitrogen functional groups attached to an aromatic ring is 2. The van der Waals surface area contributed by atoms with Crippen molar-refractivity contribution in [3.63, 3.8) is 0 Å². The van der Waals surface area contributed by atoms with Crippen molar-refractivity contribution in [1.29, 1.82) is 0 Å². The average molecular weight is 262 g/mol. The van der Waals surface area contributed by atoms with Gasteiger partial charge < -0.3 is 16.8 Å². The lowest BCUT2D eigenvalue weighted by atomic mass is 10.2. The van der Waals surface area contributed by atoms with Crippen LogP contribution in [0.3, 0.4) is 0 Å². The monoisotopic (exact) mass is 262 g/mol. The molecule has 0 atom stereocenters. The van der Waals surface area contributed by atoms with Gasteiger partial charge in [0.05, 0.1) is 5.69 Å². The quantitative estimate of drug-likeness (QED) is 0.731. The van der Waals surface area contributed by atoms with Crippen LogP contribution in [0.5, 0.6) is 0 Å². The van der Waals surface area contributed by atoms with Gasteiger partial charge in [-0.15, -0.1) is 0 Å². The summed E-state index contributed by atoms with van der Waals surface area (Å²) in [6.45, 7) is 2.22. The molecule has 2 aromatic rings. The van der Waals surface area contributed by atoms with Crippen LogP contribution in [0, 0.1) is 6.92 Å². The van der Waals surface area contributed by atoms with Crippen molar-refractivity contribution < 1.29 is 4.79 Å². The first kappa shape index (κ1) is 12.4. The summed E-state index contributed by atoms with van der Waals surface area (Å²) in [7, 11) is 0. The minimum Gasteiger partial charge on any atom is -0.399 e. The van der Waals surface area contributed by atoms with E-state index in [1.165, 1.54) is 11.3 Å². The van der Waals surface area contributed by atoms with Gasteiger partial charge in [-0.2, -0.15) is 0 Å². The normalized spacial score (nSPS) is 10.3. The summed E-state index contributed by atoms with van der Waals surface area (Å²) in [4.78, 5) is 16.5. The molecule has 1 heterocycles. The molecule has 0 fully saturated rings. The Kier molecular flexibility index (Phi) is 3.47. The third-order valence-electron chi connectivity index (χ3n) is 2.45. The van der Waals surface area contributed by atoms with E-state index in [0.717, 1.165) is 5.56 Å². The van der Waals surface area contributed by atoms with Gasteiger partial charge in [-0.3, -0.25) is 4.79 Å². The third kappa shape index (κ3) is 2.78. The molecule has 2 rings (SSSR count). The molecule has 0 saturated heterocycles. The molecule has 1 aromatic carbocycles. The highest BCUT2D eigenvalue weighted by atomic mass is 32.1. The number of nitrogens with one attached hydrogen (secondary N) is 1. The Labute approximate surface area is 109 Å². The first-order chi connectivity index (χ1) is 8.56. The molecule has 0 aliphatic heterocycles. The Hall–Kier alpha value is -2.08. The predicted molar refractivity (Wildman–Crippen MR) is 73.3 cm³/mol. The molecule has 0 spiro atoms. The smallest absolute Gasteiger partial charge is 0.263 e. The van der Waals surface area contributed by atoms with Gasteiger partial charge in [0.15, 0.2) is 5.13 Å². The van der Waals surface area contributed by atoms with Crippen LogP contribution in [-0.4, -0.2) is 10.9 Å². The lowest BCUT2D eigenvalue weighted by Crippen LogP contribution is -2.22. The largest absolute Gasteiger partial charge is 0.399 e. The Bertz CT molecular complexity index is 562. The molecule has 0 unspecified atom stereocenters. The zero-order valence-electron chi connectivity index (χ0n) is 9.93. The zero-order chi connectivity index (χ0) is 13.1. The van der Waals surface area contributed by atoms with Crippen molar-refractivity contribution in [2.45, 2.75) is 13.5 Å². The fraction of sp³-hybridized carbons (Fsp3) is 0.167. The number of nitrogens with two attached hydrogens (primary N) is 2. The van der Waals surface area contributed by atoms with Crippen LogP contribution < -0.4 is 16.8 Å². The maximum Gasteiger partial charge on any atom is 0.263 e. The Morgan fingerprint density at radius 2 is 2.00 bits per heavy atom. The van der Waals surface area contributed by atoms with Gasteiger partial charge in [0.2, 0.25) is 0 Å². The van der Waals surface area contributed by atoms with E-state index in [0.29, 0.717) is 27.9 Å². The van der Waals surface area contributed by atoms with Gasteiger partial charge in [0.25, 0.3) is 5.91 Å². The van der Waals surface area contributed by atoms with Crippen molar-refractivity contribution in [3.8, 4) is 0 Å². The first-order valence-corrected chi connectivity index (χ1v) is 6.23. The van der Waals surface area contributed by atoms with E-state index in [4.69, 9.17) is 11.5 Å². The van der Waals surface area contributed by atoms with Gasteiger partial charge >= 0.3 is 0 Å². The minimum atomic E-state index is -0.154. The molecule has 6 heteroatoms. The third-order valence-corrected chi connectivity index (χ3v) is 3.44. The van der Waals surface area contributed by atoms with Crippen LogP contribution in [0.4, 0.5) is 10.8 Å². The number of hydrogen-bond acceptors (Lipinski definition) is 5. The van der Waals surface area contributed by atoms with E-state index in [2.05, 4.69) is 10.3 Å². The van der Waals surface area contributed by atoms with Gasteiger partial charge in [-0.05, 0) is 24.6 Å². The summed E-state index contributed by atoms with van der Waals surface area (Å²) in [5.74, 6) is -0.154. The number of anilines is 2. The molecule has 1 aromatic heterocycles. The molecule has 0 bridgehead atoms. The van der Waals surface area contributed by atoms with Gasteiger partial charge in [-0.1, -0.05) is 23.5 Å². The average Bonchev–Trinajstić information content (AvgIpc) is 2.67. The number of hydrogen-bond donors (Lipinski definition) is 3. The fourth-order valence-corrected chi connectivity index (χ4v) is 2.28. The SMILES string of the molecule is Cc1nc(N)sc1C(=O)NCc1ccc(N)cc1. The van der Waals surface area contributed by atoms with Crippen molar-refractivity contribution in [2.24, 2.45) is 0 Å². The number of thiazole rings is 1. The van der Waals surface area contributed by atoms with E-state index in [1.54, 1.807) is 19.1 Å². The van der Waals surface area contributed by atoms with Crippen molar-refractivity contribution in [2.75, 3.05) is 11.5 Å². The molecule has 0 aliphatic carbocycles. The van der Waals surface area contributed by atoms with Gasteiger partial charge in [0, 0.05) is 12.2 Å². The van der Waals surface area contributed by atoms with Crippen LogP contribution in [0.25, 0.3) is 0 Å². The number of nitrogens with zero attached hydrogens (tertiary/aromatic N) is 1. The van der Waals surface area contributed by atoms with Gasteiger partial charge in [-0.25, -0.2) is 4.98 Å².